The smallest absolute Gasteiger partial charge is 0.370 e. The van der Waals surface area contributed by atoms with E-state index in [1.165, 1.54) is 23.1 Å². The molecule has 446 valence electrons. The third-order valence-corrected chi connectivity index (χ3v) is 17.2. The van der Waals surface area contributed by atoms with E-state index in [2.05, 4.69) is 57.9 Å². The standard InChI is InChI=1S/C66H62N6O13S2/c1-11-13-19-53(61(77)68-38-42-26-30-50-46(34-42)64(5,6)56(70(50)40-60(75)76)24-18-23-55-63(3,4)45-33-41(37-67)25-29-49(45)69(55)39-59(73)74)71-51-31-27-43(86-85-84-80)35-47(51)65(7,8)57(71)21-16-15-17-22-58-66(9,10)48-36-44(87(81,82)83)28-32-52(48)72(58)54(62(78)79)20-14-12-2/h15-18,21-36H,1-2,37-40,67H2,3-10H3,(H4-2,68,73,74,75,76,77,78,79,80,81,82,83)/p+2. The Balaban J connectivity index is 1.14. The van der Waals surface area contributed by atoms with Gasteiger partial charge in [-0.2, -0.15) is 13.0 Å². The Kier molecular flexibility index (Phi) is 18.3. The topological polar surface area (TPSA) is 273 Å². The number of aliphatic carboxylic acids is 3. The van der Waals surface area contributed by atoms with Gasteiger partial charge in [-0.25, -0.2) is 14.8 Å². The van der Waals surface area contributed by atoms with Crippen molar-refractivity contribution < 1.29 is 71.2 Å². The second-order valence-electron chi connectivity index (χ2n) is 22.6. The molecule has 4 heterocycles. The number of carboxylic acid groups (broad SMARTS) is 3. The minimum atomic E-state index is -4.63. The molecule has 0 aliphatic carbocycles. The summed E-state index contributed by atoms with van der Waals surface area (Å²) in [6.07, 6.45) is 14.0. The molecule has 8 N–H and O–H groups in total. The summed E-state index contributed by atoms with van der Waals surface area (Å²) in [5, 5.41) is 46.5. The van der Waals surface area contributed by atoms with Crippen LogP contribution in [0.5, 0.6) is 0 Å². The van der Waals surface area contributed by atoms with Crippen LogP contribution >= 0.6 is 12.0 Å². The van der Waals surface area contributed by atoms with Crippen molar-refractivity contribution in [3.05, 3.63) is 225 Å². The van der Waals surface area contributed by atoms with E-state index in [4.69, 9.17) is 15.3 Å². The first-order valence-corrected chi connectivity index (χ1v) is 29.2. The van der Waals surface area contributed by atoms with E-state index in [-0.39, 0.29) is 35.9 Å². The summed E-state index contributed by atoms with van der Waals surface area (Å²) in [6, 6.07) is 20.5. The predicted octanol–water partition coefficient (Wildman–Crippen LogP) is 10.1. The molecular weight excluding hydrogens is 1150 g/mol. The van der Waals surface area contributed by atoms with Crippen molar-refractivity contribution in [1.29, 1.82) is 0 Å². The van der Waals surface area contributed by atoms with Crippen LogP contribution in [0, 0.1) is 0 Å². The molecule has 21 heteroatoms. The molecular formula is C66H64N6O13S2+2. The van der Waals surface area contributed by atoms with E-state index in [1.54, 1.807) is 70.4 Å². The predicted molar refractivity (Wildman–Crippen MR) is 328 cm³/mol. The van der Waals surface area contributed by atoms with Crippen molar-refractivity contribution >= 4 is 80.1 Å². The van der Waals surface area contributed by atoms with Crippen LogP contribution in [0.15, 0.2) is 202 Å². The maximum Gasteiger partial charge on any atom is 0.370 e. The van der Waals surface area contributed by atoms with Crippen LogP contribution in [0.3, 0.4) is 0 Å². The molecule has 4 aliphatic rings. The van der Waals surface area contributed by atoms with Crippen molar-refractivity contribution in [3.63, 3.8) is 0 Å². The van der Waals surface area contributed by atoms with Gasteiger partial charge in [-0.3, -0.25) is 19.0 Å². The fourth-order valence-electron chi connectivity index (χ4n) is 11.6. The number of carboxylic acids is 3. The van der Waals surface area contributed by atoms with Gasteiger partial charge in [0.25, 0.3) is 10.1 Å². The fourth-order valence-corrected chi connectivity index (χ4v) is 12.5. The molecule has 4 aromatic rings. The Morgan fingerprint density at radius 1 is 0.701 bits per heavy atom. The molecule has 0 saturated carbocycles. The van der Waals surface area contributed by atoms with Crippen molar-refractivity contribution in [2.45, 2.75) is 99.9 Å². The number of anilines is 2. The lowest BCUT2D eigenvalue weighted by molar-refractivity contribution is -0.432. The summed E-state index contributed by atoms with van der Waals surface area (Å²) in [5.41, 5.74) is 27.2. The van der Waals surface area contributed by atoms with Gasteiger partial charge in [0.1, 0.15) is 6.54 Å². The Labute approximate surface area is 507 Å². The van der Waals surface area contributed by atoms with Gasteiger partial charge in [0.15, 0.2) is 17.1 Å². The van der Waals surface area contributed by atoms with Gasteiger partial charge in [-0.1, -0.05) is 86.7 Å². The second kappa shape index (κ2) is 24.9. The van der Waals surface area contributed by atoms with Gasteiger partial charge in [0, 0.05) is 87.0 Å². The molecule has 0 fully saturated rings. The zero-order chi connectivity index (χ0) is 63.6. The van der Waals surface area contributed by atoms with E-state index in [0.29, 0.717) is 56.7 Å². The molecule has 4 aliphatic heterocycles. The van der Waals surface area contributed by atoms with Gasteiger partial charge in [-0.15, -0.1) is 8.91 Å². The molecule has 1 amide bonds. The SMILES string of the molecule is C=C=C=C=C(C(=O)O)N1/C(=C/C=C/C=C/C2=[N+](C(=C=C=C=C)C(=O)NCc3ccc4c(c3)C(C)(C)/C(=C\C=C\C3=[N+](CC(=O)O)c5ccc(CN)cc5C3(C)C)N4CC(=O)O)c3ccc(SOOO)cc3C2(C)C)C(C)(C)c2cc(S(=O)(=O)O)ccc21. The van der Waals surface area contributed by atoms with Crippen LogP contribution in [0.1, 0.15) is 88.8 Å². The van der Waals surface area contributed by atoms with Gasteiger partial charge in [0.2, 0.25) is 17.9 Å². The number of carbonyl (C=O) groups excluding carboxylic acids is 1. The zero-order valence-electron chi connectivity index (χ0n) is 49.0. The lowest BCUT2D eigenvalue weighted by atomic mass is 9.80. The maximum atomic E-state index is 14.9. The summed E-state index contributed by atoms with van der Waals surface area (Å²) in [7, 11) is -4.63. The summed E-state index contributed by atoms with van der Waals surface area (Å²) in [6.45, 7) is 22.3. The van der Waals surface area contributed by atoms with Crippen molar-refractivity contribution in [2.75, 3.05) is 22.9 Å². The minimum absolute atomic E-state index is 0.00154. The largest absolute Gasteiger partial charge is 0.480 e. The number of allylic oxidation sites excluding steroid dienone is 10. The summed E-state index contributed by atoms with van der Waals surface area (Å²) in [4.78, 5) is 55.6. The molecule has 4 aromatic carbocycles. The Bertz CT molecular complexity index is 4250. The molecule has 87 heavy (non-hydrogen) atoms. The normalized spacial score (nSPS) is 17.4. The molecule has 0 spiro atoms. The van der Waals surface area contributed by atoms with Gasteiger partial charge in [-0.05, 0) is 135 Å². The molecule has 0 bridgehead atoms. The molecule has 0 atom stereocenters. The number of benzene rings is 4. The zero-order valence-corrected chi connectivity index (χ0v) is 50.6. The Morgan fingerprint density at radius 3 is 1.97 bits per heavy atom. The molecule has 0 unspecified atom stereocenters. The molecule has 0 saturated heterocycles. The first-order chi connectivity index (χ1) is 41.0. The monoisotopic (exact) mass is 1210 g/mol. The minimum Gasteiger partial charge on any atom is -0.480 e. The lowest BCUT2D eigenvalue weighted by Gasteiger charge is -2.26. The highest BCUT2D eigenvalue weighted by molar-refractivity contribution is 7.94. The van der Waals surface area contributed by atoms with Crippen LogP contribution in [-0.2, 0) is 73.4 Å². The summed E-state index contributed by atoms with van der Waals surface area (Å²) < 4.78 is 42.7. The number of hydrogen-bond donors (Lipinski definition) is 7. The first kappa shape index (κ1) is 63.7. The van der Waals surface area contributed by atoms with E-state index < -0.39 is 55.6 Å². The number of fused-ring (bicyclic) bond motifs is 4. The Morgan fingerprint density at radius 2 is 1.31 bits per heavy atom. The third-order valence-electron chi connectivity index (χ3n) is 15.8. The number of rotatable bonds is 20. The maximum absolute atomic E-state index is 14.9. The lowest BCUT2D eigenvalue weighted by Crippen LogP contribution is -2.32. The highest BCUT2D eigenvalue weighted by Gasteiger charge is 2.49. The third kappa shape index (κ3) is 12.4. The van der Waals surface area contributed by atoms with Gasteiger partial charge in [0.05, 0.1) is 33.5 Å². The van der Waals surface area contributed by atoms with Crippen molar-refractivity contribution in [2.24, 2.45) is 5.73 Å². The number of nitrogens with one attached hydrogen (secondary N) is 1. The van der Waals surface area contributed by atoms with Gasteiger partial charge >= 0.3 is 29.5 Å². The molecule has 0 radical (unpaired) electrons. The van der Waals surface area contributed by atoms with E-state index >= 15 is 0 Å². The highest BCUT2D eigenvalue weighted by atomic mass is 32.2. The van der Waals surface area contributed by atoms with Crippen molar-refractivity contribution in [3.8, 4) is 0 Å². The second-order valence-corrected chi connectivity index (χ2v) is 24.8. The molecule has 19 nitrogen and oxygen atoms in total. The average Bonchev–Trinajstić information content (AvgIpc) is 1.96. The van der Waals surface area contributed by atoms with Crippen LogP contribution in [0.4, 0.5) is 22.7 Å². The summed E-state index contributed by atoms with van der Waals surface area (Å²) in [5.74, 6) is -4.01. The molecule has 0 aromatic heterocycles. The van der Waals surface area contributed by atoms with Crippen LogP contribution in [0.25, 0.3) is 0 Å². The number of amides is 1. The first-order valence-electron chi connectivity index (χ1n) is 27.0. The van der Waals surface area contributed by atoms with E-state index in [0.717, 1.165) is 45.7 Å². The van der Waals surface area contributed by atoms with Crippen LogP contribution in [-0.4, -0.2) is 91.0 Å². The quantitative estimate of drug-likeness (QED) is 0.00633. The van der Waals surface area contributed by atoms with E-state index in [1.807, 2.05) is 102 Å². The summed E-state index contributed by atoms with van der Waals surface area (Å²) >= 11 is 0.756. The van der Waals surface area contributed by atoms with Crippen molar-refractivity contribution in [1.82, 2.24) is 5.32 Å². The average molecular weight is 1210 g/mol. The van der Waals surface area contributed by atoms with Crippen LogP contribution < -0.4 is 20.9 Å². The van der Waals surface area contributed by atoms with Gasteiger partial charge < -0.3 is 31.3 Å². The fraction of sp³-hybridized carbons (Fsp3) is 0.242. The number of nitrogens with zero attached hydrogens (tertiary/aromatic N) is 4. The number of hydrogen-bond acceptors (Lipinski definition) is 13. The highest BCUT2D eigenvalue weighted by Crippen LogP contribution is 2.51. The Hall–Kier alpha value is -9.34. The van der Waals surface area contributed by atoms with Crippen LogP contribution in [0.2, 0.25) is 0 Å². The number of nitrogens with two attached hydrogens (primary N) is 1. The molecule has 8 rings (SSSR count). The number of carbonyl (C=O) groups is 4. The van der Waals surface area contributed by atoms with E-state index in [9.17, 15) is 47.5 Å².